The molecule has 1 N–H and O–H groups in total. The third-order valence-electron chi connectivity index (χ3n) is 5.20. The Hall–Kier alpha value is -2.38. The van der Waals surface area contributed by atoms with Crippen molar-refractivity contribution in [1.29, 1.82) is 0 Å². The zero-order valence-corrected chi connectivity index (χ0v) is 16.0. The zero-order chi connectivity index (χ0) is 19.6. The number of likely N-dealkylation sites (N-methyl/N-ethyl adjacent to an activating group) is 1. The van der Waals surface area contributed by atoms with Gasteiger partial charge in [-0.2, -0.15) is 0 Å². The molecule has 1 aromatic carbocycles. The Kier molecular flexibility index (Phi) is 5.82. The van der Waals surface area contributed by atoms with Crippen LogP contribution in [0.25, 0.3) is 11.0 Å². The Morgan fingerprint density at radius 1 is 1.37 bits per heavy atom. The van der Waals surface area contributed by atoms with E-state index in [1.165, 1.54) is 6.07 Å². The number of aryl methyl sites for hydroxylation is 1. The number of fused-ring (bicyclic) bond motifs is 1. The topological polar surface area (TPSA) is 83.2 Å². The molecule has 3 rings (SSSR count). The van der Waals surface area contributed by atoms with Crippen LogP contribution in [0.4, 0.5) is 0 Å². The number of carbonyl (C=O) groups is 1. The molecule has 0 unspecified atom stereocenters. The highest BCUT2D eigenvalue weighted by Crippen LogP contribution is 2.24. The van der Waals surface area contributed by atoms with Crippen molar-refractivity contribution in [2.45, 2.75) is 31.8 Å². The molecular formula is C20H26N2O5. The maximum absolute atomic E-state index is 12.6. The van der Waals surface area contributed by atoms with Gasteiger partial charge in [-0.25, -0.2) is 4.79 Å². The van der Waals surface area contributed by atoms with Crippen LogP contribution in [-0.2, 0) is 11.2 Å². The molecule has 0 saturated carbocycles. The van der Waals surface area contributed by atoms with Gasteiger partial charge < -0.3 is 24.1 Å². The van der Waals surface area contributed by atoms with Crippen LogP contribution in [0.2, 0.25) is 0 Å². The standard InChI is InChI=1S/C20H26N2O5/c1-4-13-7-20(25)27-18-9-16(5-6-17(13)18)26-12-19(24)22-10-14(21(2)3)8-15(22)11-23/h5-7,9,14-15,23H,4,8,10-12H2,1-3H3/t14-,15-/m0/s1. The van der Waals surface area contributed by atoms with Gasteiger partial charge in [-0.3, -0.25) is 4.79 Å². The summed E-state index contributed by atoms with van der Waals surface area (Å²) in [5.41, 5.74) is 0.970. The molecule has 27 heavy (non-hydrogen) atoms. The number of ether oxygens (including phenoxy) is 1. The van der Waals surface area contributed by atoms with Gasteiger partial charge in [0, 0.05) is 30.1 Å². The molecule has 1 aromatic heterocycles. The second kappa shape index (κ2) is 8.10. The first-order chi connectivity index (χ1) is 12.9. The fourth-order valence-electron chi connectivity index (χ4n) is 3.57. The highest BCUT2D eigenvalue weighted by molar-refractivity contribution is 5.82. The average Bonchev–Trinajstić information content (AvgIpc) is 3.10. The average molecular weight is 374 g/mol. The molecule has 1 aliphatic heterocycles. The first-order valence-corrected chi connectivity index (χ1v) is 9.19. The molecule has 2 atom stereocenters. The zero-order valence-electron chi connectivity index (χ0n) is 16.0. The lowest BCUT2D eigenvalue weighted by atomic mass is 10.1. The number of hydrogen-bond acceptors (Lipinski definition) is 6. The van der Waals surface area contributed by atoms with Gasteiger partial charge >= 0.3 is 5.63 Å². The van der Waals surface area contributed by atoms with Crippen LogP contribution in [0, 0.1) is 0 Å². The van der Waals surface area contributed by atoms with E-state index >= 15 is 0 Å². The van der Waals surface area contributed by atoms with Gasteiger partial charge in [0.1, 0.15) is 11.3 Å². The van der Waals surface area contributed by atoms with Gasteiger partial charge in [-0.15, -0.1) is 0 Å². The van der Waals surface area contributed by atoms with E-state index in [-0.39, 0.29) is 31.2 Å². The minimum absolute atomic E-state index is 0.0585. The molecule has 1 fully saturated rings. The van der Waals surface area contributed by atoms with Gasteiger partial charge in [0.05, 0.1) is 12.6 Å². The van der Waals surface area contributed by atoms with Crippen LogP contribution in [0.1, 0.15) is 18.9 Å². The van der Waals surface area contributed by atoms with E-state index in [2.05, 4.69) is 4.90 Å². The third-order valence-corrected chi connectivity index (χ3v) is 5.20. The number of hydrogen-bond donors (Lipinski definition) is 1. The second-order valence-electron chi connectivity index (χ2n) is 7.13. The molecule has 0 radical (unpaired) electrons. The first-order valence-electron chi connectivity index (χ1n) is 9.19. The molecule has 0 bridgehead atoms. The summed E-state index contributed by atoms with van der Waals surface area (Å²) in [6.45, 7) is 2.37. The molecule has 1 aliphatic rings. The highest BCUT2D eigenvalue weighted by atomic mass is 16.5. The summed E-state index contributed by atoms with van der Waals surface area (Å²) in [5.74, 6) is 0.304. The molecule has 0 aliphatic carbocycles. The number of amides is 1. The number of benzene rings is 1. The normalized spacial score (nSPS) is 19.8. The Morgan fingerprint density at radius 3 is 2.81 bits per heavy atom. The molecule has 0 spiro atoms. The highest BCUT2D eigenvalue weighted by Gasteiger charge is 2.35. The maximum Gasteiger partial charge on any atom is 0.336 e. The van der Waals surface area contributed by atoms with Crippen molar-refractivity contribution in [2.24, 2.45) is 0 Å². The number of carbonyl (C=O) groups excluding carboxylic acids is 1. The Morgan fingerprint density at radius 2 is 2.15 bits per heavy atom. The van der Waals surface area contributed by atoms with Crippen molar-refractivity contribution in [3.05, 3.63) is 40.2 Å². The summed E-state index contributed by atoms with van der Waals surface area (Å²) in [4.78, 5) is 28.0. The van der Waals surface area contributed by atoms with Crippen molar-refractivity contribution in [2.75, 3.05) is 33.9 Å². The summed E-state index contributed by atoms with van der Waals surface area (Å²) < 4.78 is 10.9. The van der Waals surface area contributed by atoms with Crippen LogP contribution >= 0.6 is 0 Å². The summed E-state index contributed by atoms with van der Waals surface area (Å²) in [7, 11) is 3.94. The van der Waals surface area contributed by atoms with E-state index in [0.29, 0.717) is 17.9 Å². The Bertz CT molecular complexity index is 876. The van der Waals surface area contributed by atoms with Crippen molar-refractivity contribution in [3.63, 3.8) is 0 Å². The van der Waals surface area contributed by atoms with Gasteiger partial charge in [0.2, 0.25) is 0 Å². The predicted molar refractivity (Wildman–Crippen MR) is 102 cm³/mol. The number of aliphatic hydroxyl groups excluding tert-OH is 1. The Balaban J connectivity index is 1.71. The van der Waals surface area contributed by atoms with Crippen LogP contribution in [0.5, 0.6) is 5.75 Å². The maximum atomic E-state index is 12.6. The Labute approximate surface area is 158 Å². The van der Waals surface area contributed by atoms with Crippen LogP contribution < -0.4 is 10.4 Å². The monoisotopic (exact) mass is 374 g/mol. The second-order valence-corrected chi connectivity index (χ2v) is 7.13. The van der Waals surface area contributed by atoms with Crippen LogP contribution in [0.3, 0.4) is 0 Å². The van der Waals surface area contributed by atoms with Crippen molar-refractivity contribution in [3.8, 4) is 5.75 Å². The third kappa shape index (κ3) is 4.14. The molecule has 1 amide bonds. The largest absolute Gasteiger partial charge is 0.484 e. The number of likely N-dealkylation sites (tertiary alicyclic amines) is 1. The van der Waals surface area contributed by atoms with Gasteiger partial charge in [-0.05, 0) is 44.6 Å². The predicted octanol–water partition coefficient (Wildman–Crippen LogP) is 1.26. The van der Waals surface area contributed by atoms with E-state index in [4.69, 9.17) is 9.15 Å². The van der Waals surface area contributed by atoms with Gasteiger partial charge in [-0.1, -0.05) is 6.92 Å². The summed E-state index contributed by atoms with van der Waals surface area (Å²) in [6.07, 6.45) is 1.47. The van der Waals surface area contributed by atoms with Crippen molar-refractivity contribution < 1.29 is 19.1 Å². The smallest absolute Gasteiger partial charge is 0.336 e. The van der Waals surface area contributed by atoms with E-state index < -0.39 is 5.63 Å². The minimum Gasteiger partial charge on any atom is -0.484 e. The molecule has 146 valence electrons. The lowest BCUT2D eigenvalue weighted by Crippen LogP contribution is -2.41. The lowest BCUT2D eigenvalue weighted by molar-refractivity contribution is -0.135. The van der Waals surface area contributed by atoms with Crippen LogP contribution in [-0.4, -0.2) is 66.8 Å². The van der Waals surface area contributed by atoms with Gasteiger partial charge in [0.25, 0.3) is 5.91 Å². The molecule has 2 aromatic rings. The molecular weight excluding hydrogens is 348 g/mol. The SMILES string of the molecule is CCc1cc(=O)oc2cc(OCC(=O)N3C[C@@H](N(C)C)C[C@H]3CO)ccc12. The van der Waals surface area contributed by atoms with Gasteiger partial charge in [0.15, 0.2) is 6.61 Å². The molecule has 7 nitrogen and oxygen atoms in total. The molecule has 7 heteroatoms. The summed E-state index contributed by atoms with van der Waals surface area (Å²) >= 11 is 0. The minimum atomic E-state index is -0.398. The number of rotatable bonds is 6. The van der Waals surface area contributed by atoms with E-state index in [1.807, 2.05) is 27.1 Å². The fourth-order valence-corrected chi connectivity index (χ4v) is 3.57. The molecule has 1 saturated heterocycles. The summed E-state index contributed by atoms with van der Waals surface area (Å²) in [5, 5.41) is 10.4. The van der Waals surface area contributed by atoms with E-state index in [1.54, 1.807) is 17.0 Å². The van der Waals surface area contributed by atoms with Crippen molar-refractivity contribution >= 4 is 16.9 Å². The van der Waals surface area contributed by atoms with E-state index in [0.717, 1.165) is 23.8 Å². The number of aliphatic hydroxyl groups is 1. The quantitative estimate of drug-likeness (QED) is 0.767. The van der Waals surface area contributed by atoms with Crippen LogP contribution in [0.15, 0.2) is 33.5 Å². The van der Waals surface area contributed by atoms with Crippen molar-refractivity contribution in [1.82, 2.24) is 9.80 Å². The summed E-state index contributed by atoms with van der Waals surface area (Å²) in [6, 6.07) is 6.79. The molecule has 2 heterocycles. The first kappa shape index (κ1) is 19.4. The number of nitrogens with zero attached hydrogens (tertiary/aromatic N) is 2. The lowest BCUT2D eigenvalue weighted by Gasteiger charge is -2.23. The van der Waals surface area contributed by atoms with E-state index in [9.17, 15) is 14.7 Å². The fraction of sp³-hybridized carbons (Fsp3) is 0.500.